The lowest BCUT2D eigenvalue weighted by Gasteiger charge is -2.36. The molecule has 1 aliphatic carbocycles. The van der Waals surface area contributed by atoms with Crippen molar-refractivity contribution in [2.24, 2.45) is 5.92 Å². The van der Waals surface area contributed by atoms with Crippen LogP contribution in [0.25, 0.3) is 0 Å². The third-order valence-corrected chi connectivity index (χ3v) is 7.34. The number of hydrogen-bond acceptors (Lipinski definition) is 6. The number of benzene rings is 1. The summed E-state index contributed by atoms with van der Waals surface area (Å²) in [6.07, 6.45) is 0.0733. The number of anilines is 1. The summed E-state index contributed by atoms with van der Waals surface area (Å²) in [6, 6.07) is 0.123. The summed E-state index contributed by atoms with van der Waals surface area (Å²) in [5.41, 5.74) is -4.10. The molecule has 210 valence electrons. The zero-order valence-corrected chi connectivity index (χ0v) is 22.0. The molecule has 4 rings (SSSR count). The van der Waals surface area contributed by atoms with Gasteiger partial charge >= 0.3 is 0 Å². The first kappa shape index (κ1) is 28.2. The molecule has 3 aliphatic rings. The van der Waals surface area contributed by atoms with Gasteiger partial charge in [0.05, 0.1) is 12.6 Å². The third kappa shape index (κ3) is 5.24. The minimum atomic E-state index is -1.98. The lowest BCUT2D eigenvalue weighted by atomic mass is 9.97. The van der Waals surface area contributed by atoms with Crippen LogP contribution >= 0.6 is 0 Å². The molecule has 0 radical (unpaired) electrons. The molecule has 0 bridgehead atoms. The molecule has 2 aliphatic heterocycles. The highest BCUT2D eigenvalue weighted by Gasteiger charge is 2.57. The van der Waals surface area contributed by atoms with Crippen molar-refractivity contribution in [3.63, 3.8) is 0 Å². The molecule has 13 heteroatoms. The Morgan fingerprint density at radius 3 is 2.54 bits per heavy atom. The second-order valence-corrected chi connectivity index (χ2v) is 10.9. The molecule has 1 spiro atoms. The predicted octanol–water partition coefficient (Wildman–Crippen LogP) is 2.04. The normalized spacial score (nSPS) is 24.2. The minimum Gasteiger partial charge on any atom is -0.473 e. The Morgan fingerprint density at radius 1 is 1.28 bits per heavy atom. The number of carbonyl (C=O) groups is 4. The van der Waals surface area contributed by atoms with Crippen molar-refractivity contribution in [1.29, 1.82) is 5.26 Å². The number of likely N-dealkylation sites (N-methyl/N-ethyl adjacent to an activating group) is 1. The van der Waals surface area contributed by atoms with Crippen LogP contribution in [0.1, 0.15) is 46.5 Å². The molecule has 1 aromatic carbocycles. The average Bonchev–Trinajstić information content (AvgIpc) is 3.52. The van der Waals surface area contributed by atoms with E-state index in [1.807, 2.05) is 19.9 Å². The van der Waals surface area contributed by atoms with Crippen LogP contribution in [0.2, 0.25) is 0 Å². The standard InChI is InChI=1S/C26H30F3N5O5/c1-13(2)7-18(33(4)21(35)14(3)31-23(37)25(29)5-6-25)22(36)34-12-26(10-16(34)11-30)24(38)32-20-17(28)8-15(27)9-19(20)39-26/h8-9,13-14,16,18H,5-7,10,12H2,1-4H3,(H,31,37)(H,32,38)/t14-,16-,18-,26+/m0/s1. The Hall–Kier alpha value is -3.82. The van der Waals surface area contributed by atoms with Crippen LogP contribution in [0.5, 0.6) is 5.75 Å². The van der Waals surface area contributed by atoms with Gasteiger partial charge in [0.15, 0.2) is 17.2 Å². The number of rotatable bonds is 7. The highest BCUT2D eigenvalue weighted by atomic mass is 19.1. The van der Waals surface area contributed by atoms with E-state index in [1.165, 1.54) is 14.0 Å². The van der Waals surface area contributed by atoms with E-state index in [0.29, 0.717) is 6.07 Å². The molecular weight excluding hydrogens is 519 g/mol. The van der Waals surface area contributed by atoms with E-state index in [1.54, 1.807) is 0 Å². The molecule has 0 unspecified atom stereocenters. The lowest BCUT2D eigenvalue weighted by molar-refractivity contribution is -0.147. The van der Waals surface area contributed by atoms with Gasteiger partial charge in [-0.15, -0.1) is 0 Å². The Kier molecular flexibility index (Phi) is 7.27. The maximum Gasteiger partial charge on any atom is 0.270 e. The summed E-state index contributed by atoms with van der Waals surface area (Å²) in [4.78, 5) is 54.4. The number of halogens is 3. The number of alkyl halides is 1. The second kappa shape index (κ2) is 10.1. The summed E-state index contributed by atoms with van der Waals surface area (Å²) >= 11 is 0. The number of amides is 4. The quantitative estimate of drug-likeness (QED) is 0.535. The summed E-state index contributed by atoms with van der Waals surface area (Å²) < 4.78 is 47.9. The lowest BCUT2D eigenvalue weighted by Crippen LogP contribution is -2.57. The predicted molar refractivity (Wildman–Crippen MR) is 131 cm³/mol. The van der Waals surface area contributed by atoms with Gasteiger partial charge in [0.25, 0.3) is 11.8 Å². The van der Waals surface area contributed by atoms with Crippen molar-refractivity contribution >= 4 is 29.3 Å². The zero-order chi connectivity index (χ0) is 28.9. The van der Waals surface area contributed by atoms with E-state index in [2.05, 4.69) is 10.6 Å². The Labute approximate surface area is 223 Å². The zero-order valence-electron chi connectivity index (χ0n) is 22.0. The Balaban J connectivity index is 1.57. The summed E-state index contributed by atoms with van der Waals surface area (Å²) in [7, 11) is 1.37. The average molecular weight is 550 g/mol. The van der Waals surface area contributed by atoms with Crippen molar-refractivity contribution in [3.05, 3.63) is 23.8 Å². The van der Waals surface area contributed by atoms with Gasteiger partial charge in [-0.2, -0.15) is 5.26 Å². The third-order valence-electron chi connectivity index (χ3n) is 7.34. The van der Waals surface area contributed by atoms with Gasteiger partial charge in [-0.25, -0.2) is 13.2 Å². The van der Waals surface area contributed by atoms with Crippen LogP contribution in [0.3, 0.4) is 0 Å². The molecule has 1 saturated heterocycles. The molecule has 4 atom stereocenters. The minimum absolute atomic E-state index is 0.0791. The number of nitrogens with zero attached hydrogens (tertiary/aromatic N) is 3. The molecule has 39 heavy (non-hydrogen) atoms. The van der Waals surface area contributed by atoms with Gasteiger partial charge in [-0.1, -0.05) is 13.8 Å². The SMILES string of the molecule is CC(C)C[C@@H](C(=O)N1C[C@@]2(C[C@H]1C#N)Oc1cc(F)cc(F)c1NC2=O)N(C)C(=O)[C@H](C)NC(=O)C1(F)CC1. The molecule has 1 saturated carbocycles. The first-order chi connectivity index (χ1) is 18.2. The van der Waals surface area contributed by atoms with Crippen molar-refractivity contribution in [2.75, 3.05) is 18.9 Å². The van der Waals surface area contributed by atoms with E-state index in [-0.39, 0.29) is 43.0 Å². The fourth-order valence-corrected chi connectivity index (χ4v) is 4.94. The number of nitriles is 1. The van der Waals surface area contributed by atoms with E-state index < -0.39 is 71.2 Å². The van der Waals surface area contributed by atoms with Crippen LogP contribution in [0, 0.1) is 28.9 Å². The largest absolute Gasteiger partial charge is 0.473 e. The fourth-order valence-electron chi connectivity index (χ4n) is 4.94. The van der Waals surface area contributed by atoms with Crippen LogP contribution in [-0.2, 0) is 19.2 Å². The van der Waals surface area contributed by atoms with E-state index in [9.17, 15) is 37.6 Å². The number of nitrogens with one attached hydrogen (secondary N) is 2. The summed E-state index contributed by atoms with van der Waals surface area (Å²) in [6.45, 7) is 4.64. The van der Waals surface area contributed by atoms with Crippen molar-refractivity contribution in [1.82, 2.24) is 15.1 Å². The number of ether oxygens (including phenoxy) is 1. The first-order valence-corrected chi connectivity index (χ1v) is 12.7. The summed E-state index contributed by atoms with van der Waals surface area (Å²) in [5.74, 6) is -5.27. The number of fused-ring (bicyclic) bond motifs is 1. The van der Waals surface area contributed by atoms with Crippen molar-refractivity contribution in [3.8, 4) is 11.8 Å². The van der Waals surface area contributed by atoms with Crippen LogP contribution in [0.15, 0.2) is 12.1 Å². The van der Waals surface area contributed by atoms with Crippen LogP contribution in [-0.4, -0.2) is 76.4 Å². The molecular formula is C26H30F3N5O5. The Morgan fingerprint density at radius 2 is 1.95 bits per heavy atom. The molecule has 2 N–H and O–H groups in total. The molecule has 2 fully saturated rings. The van der Waals surface area contributed by atoms with Gasteiger partial charge < -0.3 is 25.2 Å². The molecule has 0 aromatic heterocycles. The second-order valence-electron chi connectivity index (χ2n) is 10.9. The van der Waals surface area contributed by atoms with Crippen molar-refractivity contribution in [2.45, 2.75) is 75.8 Å². The number of carbonyl (C=O) groups excluding carboxylic acids is 4. The smallest absolute Gasteiger partial charge is 0.270 e. The first-order valence-electron chi connectivity index (χ1n) is 12.7. The van der Waals surface area contributed by atoms with Gasteiger partial charge in [-0.05, 0) is 32.1 Å². The number of likely N-dealkylation sites (tertiary alicyclic amines) is 1. The van der Waals surface area contributed by atoms with Gasteiger partial charge in [0.2, 0.25) is 17.4 Å². The molecule has 4 amide bonds. The maximum atomic E-state index is 14.2. The van der Waals surface area contributed by atoms with Gasteiger partial charge in [-0.3, -0.25) is 19.2 Å². The van der Waals surface area contributed by atoms with Crippen LogP contribution in [0.4, 0.5) is 18.9 Å². The highest BCUT2D eigenvalue weighted by molar-refractivity contribution is 6.02. The van der Waals surface area contributed by atoms with Crippen LogP contribution < -0.4 is 15.4 Å². The highest BCUT2D eigenvalue weighted by Crippen LogP contribution is 2.42. The maximum absolute atomic E-state index is 14.2. The van der Waals surface area contributed by atoms with E-state index in [0.717, 1.165) is 15.9 Å². The number of hydrogen-bond donors (Lipinski definition) is 2. The molecule has 2 heterocycles. The van der Waals surface area contributed by atoms with E-state index >= 15 is 0 Å². The van der Waals surface area contributed by atoms with E-state index in [4.69, 9.17) is 4.74 Å². The monoisotopic (exact) mass is 549 g/mol. The van der Waals surface area contributed by atoms with Gasteiger partial charge in [0, 0.05) is 25.6 Å². The topological polar surface area (TPSA) is 132 Å². The molecule has 10 nitrogen and oxygen atoms in total. The van der Waals surface area contributed by atoms with Crippen molar-refractivity contribution < 1.29 is 37.1 Å². The van der Waals surface area contributed by atoms with Gasteiger partial charge in [0.1, 0.15) is 29.6 Å². The Bertz CT molecular complexity index is 1260. The fraction of sp³-hybridized carbons (Fsp3) is 0.577. The molecule has 1 aromatic rings. The summed E-state index contributed by atoms with van der Waals surface area (Å²) in [5, 5.41) is 14.5.